The van der Waals surface area contributed by atoms with Gasteiger partial charge < -0.3 is 10.3 Å². The maximum atomic E-state index is 3.57. The van der Waals surface area contributed by atoms with Crippen molar-refractivity contribution in [2.75, 3.05) is 6.54 Å². The van der Waals surface area contributed by atoms with Crippen molar-refractivity contribution >= 4 is 10.9 Å². The van der Waals surface area contributed by atoms with E-state index in [-0.39, 0.29) is 0 Å². The van der Waals surface area contributed by atoms with Gasteiger partial charge in [-0.3, -0.25) is 0 Å². The average Bonchev–Trinajstić information content (AvgIpc) is 2.60. The molecule has 0 bridgehead atoms. The molecule has 0 aliphatic carbocycles. The van der Waals surface area contributed by atoms with Crippen LogP contribution in [0, 0.1) is 6.92 Å². The molecule has 3 rings (SSSR count). The molecule has 0 spiro atoms. The van der Waals surface area contributed by atoms with Gasteiger partial charge in [0.1, 0.15) is 0 Å². The highest BCUT2D eigenvalue weighted by Gasteiger charge is 2.20. The first-order valence-corrected chi connectivity index (χ1v) is 5.61. The molecule has 0 saturated heterocycles. The zero-order valence-corrected chi connectivity index (χ0v) is 9.22. The minimum Gasteiger partial charge on any atom is -0.357 e. The Morgan fingerprint density at radius 2 is 2.20 bits per heavy atom. The monoisotopic (exact) mass is 200 g/mol. The summed E-state index contributed by atoms with van der Waals surface area (Å²) in [6.07, 6.45) is 1.14. The molecule has 1 unspecified atom stereocenters. The van der Waals surface area contributed by atoms with Crippen LogP contribution in [-0.4, -0.2) is 11.5 Å². The number of benzene rings is 1. The number of hydrogen-bond acceptors (Lipinski definition) is 1. The molecule has 2 heteroatoms. The van der Waals surface area contributed by atoms with Crippen LogP contribution < -0.4 is 5.32 Å². The van der Waals surface area contributed by atoms with Crippen molar-refractivity contribution in [2.45, 2.75) is 26.3 Å². The van der Waals surface area contributed by atoms with Gasteiger partial charge in [-0.2, -0.15) is 0 Å². The maximum Gasteiger partial charge on any atom is 0.0489 e. The molecule has 2 N–H and O–H groups in total. The molecule has 0 radical (unpaired) electrons. The second-order valence-electron chi connectivity index (χ2n) is 4.44. The van der Waals surface area contributed by atoms with Crippen molar-refractivity contribution in [2.24, 2.45) is 0 Å². The van der Waals surface area contributed by atoms with E-state index in [0.29, 0.717) is 6.04 Å². The largest absolute Gasteiger partial charge is 0.357 e. The van der Waals surface area contributed by atoms with E-state index in [1.165, 1.54) is 27.7 Å². The van der Waals surface area contributed by atoms with Crippen molar-refractivity contribution < 1.29 is 0 Å². The molecule has 1 aliphatic rings. The van der Waals surface area contributed by atoms with E-state index in [1.807, 2.05) is 0 Å². The fourth-order valence-electron chi connectivity index (χ4n) is 2.60. The van der Waals surface area contributed by atoms with Crippen LogP contribution >= 0.6 is 0 Å². The van der Waals surface area contributed by atoms with Crippen LogP contribution in [0.1, 0.15) is 29.8 Å². The Morgan fingerprint density at radius 1 is 1.33 bits per heavy atom. The quantitative estimate of drug-likeness (QED) is 0.672. The van der Waals surface area contributed by atoms with Crippen LogP contribution in [-0.2, 0) is 6.42 Å². The minimum atomic E-state index is 0.459. The summed E-state index contributed by atoms with van der Waals surface area (Å²) in [5.41, 5.74) is 5.55. The van der Waals surface area contributed by atoms with E-state index in [4.69, 9.17) is 0 Å². The summed E-state index contributed by atoms with van der Waals surface area (Å²) in [5.74, 6) is 0. The predicted octanol–water partition coefficient (Wildman–Crippen LogP) is 2.68. The lowest BCUT2D eigenvalue weighted by Gasteiger charge is -2.20. The van der Waals surface area contributed by atoms with Gasteiger partial charge in [0.15, 0.2) is 0 Å². The summed E-state index contributed by atoms with van der Waals surface area (Å²) in [7, 11) is 0. The molecule has 0 amide bonds. The first-order chi connectivity index (χ1) is 7.27. The van der Waals surface area contributed by atoms with Gasteiger partial charge in [-0.25, -0.2) is 0 Å². The third-order valence-corrected chi connectivity index (χ3v) is 3.44. The number of para-hydroxylation sites is 1. The molecular formula is C13H16N2. The van der Waals surface area contributed by atoms with E-state index >= 15 is 0 Å². The molecule has 1 aliphatic heterocycles. The van der Waals surface area contributed by atoms with Gasteiger partial charge in [0.2, 0.25) is 0 Å². The number of H-pyrrole nitrogens is 1. The van der Waals surface area contributed by atoms with Crippen molar-refractivity contribution in [3.8, 4) is 0 Å². The fourth-order valence-corrected chi connectivity index (χ4v) is 2.60. The average molecular weight is 200 g/mol. The number of aromatic amines is 1. The highest BCUT2D eigenvalue weighted by atomic mass is 15.0. The first-order valence-electron chi connectivity index (χ1n) is 5.61. The normalized spacial score (nSPS) is 20.5. The minimum absolute atomic E-state index is 0.459. The smallest absolute Gasteiger partial charge is 0.0489 e. The molecule has 2 nitrogen and oxygen atoms in total. The number of fused-ring (bicyclic) bond motifs is 3. The highest BCUT2D eigenvalue weighted by molar-refractivity contribution is 5.87. The van der Waals surface area contributed by atoms with Crippen LogP contribution in [0.15, 0.2) is 18.2 Å². The molecular weight excluding hydrogens is 184 g/mol. The van der Waals surface area contributed by atoms with Crippen molar-refractivity contribution in [3.05, 3.63) is 35.0 Å². The summed E-state index contributed by atoms with van der Waals surface area (Å²) in [6, 6.07) is 7.01. The van der Waals surface area contributed by atoms with E-state index in [0.717, 1.165) is 13.0 Å². The predicted molar refractivity (Wildman–Crippen MR) is 63.2 cm³/mol. The Labute approximate surface area is 89.7 Å². The lowest BCUT2D eigenvalue weighted by atomic mass is 10.00. The summed E-state index contributed by atoms with van der Waals surface area (Å²) in [5, 5.41) is 4.90. The van der Waals surface area contributed by atoms with Crippen molar-refractivity contribution in [3.63, 3.8) is 0 Å². The topological polar surface area (TPSA) is 27.8 Å². The second-order valence-corrected chi connectivity index (χ2v) is 4.44. The van der Waals surface area contributed by atoms with Crippen molar-refractivity contribution in [1.82, 2.24) is 10.3 Å². The molecule has 0 fully saturated rings. The van der Waals surface area contributed by atoms with E-state index in [2.05, 4.69) is 42.3 Å². The summed E-state index contributed by atoms with van der Waals surface area (Å²) in [4.78, 5) is 3.57. The molecule has 1 atom stereocenters. The number of nitrogens with one attached hydrogen (secondary N) is 2. The molecule has 2 heterocycles. The number of aromatic nitrogens is 1. The van der Waals surface area contributed by atoms with Gasteiger partial charge in [0, 0.05) is 22.6 Å². The van der Waals surface area contributed by atoms with Gasteiger partial charge >= 0.3 is 0 Å². The van der Waals surface area contributed by atoms with Crippen LogP contribution in [0.4, 0.5) is 0 Å². The summed E-state index contributed by atoms with van der Waals surface area (Å²) in [6.45, 7) is 5.49. The number of rotatable bonds is 0. The van der Waals surface area contributed by atoms with Gasteiger partial charge in [-0.15, -0.1) is 0 Å². The summed E-state index contributed by atoms with van der Waals surface area (Å²) >= 11 is 0. The molecule has 1 aromatic carbocycles. The second kappa shape index (κ2) is 3.11. The standard InChI is InChI=1S/C13H16N2/c1-8-4-3-5-10-11-6-7-14-9(2)13(11)15-12(8)10/h3-5,9,14-15H,6-7H2,1-2H3. The molecule has 15 heavy (non-hydrogen) atoms. The lowest BCUT2D eigenvalue weighted by molar-refractivity contribution is 0.533. The molecule has 78 valence electrons. The van der Waals surface area contributed by atoms with Crippen LogP contribution in [0.2, 0.25) is 0 Å². The molecule has 2 aromatic rings. The van der Waals surface area contributed by atoms with Crippen molar-refractivity contribution in [1.29, 1.82) is 0 Å². The van der Waals surface area contributed by atoms with E-state index < -0.39 is 0 Å². The van der Waals surface area contributed by atoms with Crippen LogP contribution in [0.3, 0.4) is 0 Å². The first kappa shape index (κ1) is 8.98. The Kier molecular flexibility index (Phi) is 1.86. The Morgan fingerprint density at radius 3 is 3.07 bits per heavy atom. The molecule has 0 saturated carbocycles. The van der Waals surface area contributed by atoms with E-state index in [1.54, 1.807) is 0 Å². The number of aryl methyl sites for hydroxylation is 1. The SMILES string of the molecule is Cc1cccc2c3c([nH]c12)C(C)NCC3. The maximum absolute atomic E-state index is 3.57. The van der Waals surface area contributed by atoms with Gasteiger partial charge in [0.25, 0.3) is 0 Å². The number of hydrogen-bond donors (Lipinski definition) is 2. The van der Waals surface area contributed by atoms with Gasteiger partial charge in [-0.05, 0) is 37.9 Å². The van der Waals surface area contributed by atoms with E-state index in [9.17, 15) is 0 Å². The highest BCUT2D eigenvalue weighted by Crippen LogP contribution is 2.30. The summed E-state index contributed by atoms with van der Waals surface area (Å²) < 4.78 is 0. The Hall–Kier alpha value is -1.28. The third kappa shape index (κ3) is 1.21. The van der Waals surface area contributed by atoms with Crippen LogP contribution in [0.5, 0.6) is 0 Å². The zero-order valence-electron chi connectivity index (χ0n) is 9.22. The fraction of sp³-hybridized carbons (Fsp3) is 0.385. The Balaban J connectivity index is 2.35. The molecule has 1 aromatic heterocycles. The van der Waals surface area contributed by atoms with Gasteiger partial charge in [-0.1, -0.05) is 18.2 Å². The van der Waals surface area contributed by atoms with Gasteiger partial charge in [0.05, 0.1) is 0 Å². The van der Waals surface area contributed by atoms with Crippen LogP contribution in [0.25, 0.3) is 10.9 Å². The Bertz CT molecular complexity index is 510. The lowest BCUT2D eigenvalue weighted by Crippen LogP contribution is -2.27. The zero-order chi connectivity index (χ0) is 10.4. The third-order valence-electron chi connectivity index (χ3n) is 3.44.